The van der Waals surface area contributed by atoms with Crippen molar-refractivity contribution in [3.63, 3.8) is 0 Å². The molecule has 137 heavy (non-hydrogen) atoms. The number of anilines is 3. The van der Waals surface area contributed by atoms with E-state index < -0.39 is 0 Å². The minimum Gasteiger partial charge on any atom is -0.311 e. The third-order valence-corrected chi connectivity index (χ3v) is 29.9. The number of fused-ring (bicyclic) bond motifs is 26. The summed E-state index contributed by atoms with van der Waals surface area (Å²) in [5.74, 6) is 0. The van der Waals surface area contributed by atoms with Crippen LogP contribution in [0.5, 0.6) is 0 Å². The van der Waals surface area contributed by atoms with Crippen LogP contribution in [-0.2, 0) is 5.41 Å². The lowest BCUT2D eigenvalue weighted by Crippen LogP contribution is -2.15. The quantitative estimate of drug-likeness (QED) is 0.127. The lowest BCUT2D eigenvalue weighted by molar-refractivity contribution is 0.660. The molecule has 28 aromatic rings. The smallest absolute Gasteiger partial charge is 0.0788 e. The molecule has 0 saturated heterocycles. The molecule has 644 valence electrons. The third-order valence-electron chi connectivity index (χ3n) is 28.7. The Morgan fingerprint density at radius 3 is 1.13 bits per heavy atom. The van der Waals surface area contributed by atoms with Gasteiger partial charge in [0.15, 0.2) is 0 Å². The van der Waals surface area contributed by atoms with Crippen LogP contribution in [-0.4, -0.2) is 27.4 Å². The minimum atomic E-state index is -0.0446. The molecule has 0 aliphatic heterocycles. The summed E-state index contributed by atoms with van der Waals surface area (Å²) in [6.07, 6.45) is 0. The van der Waals surface area contributed by atoms with Crippen molar-refractivity contribution in [2.45, 2.75) is 19.3 Å². The average molecular weight is 1770 g/mol. The van der Waals surface area contributed by atoms with Gasteiger partial charge in [0.2, 0.25) is 0 Å². The van der Waals surface area contributed by atoms with E-state index in [0.717, 1.165) is 34.1 Å². The summed E-state index contributed by atoms with van der Waals surface area (Å²) in [4.78, 5) is 2.31. The van der Waals surface area contributed by atoms with Gasteiger partial charge in [-0.2, -0.15) is 0 Å². The first kappa shape index (κ1) is 79.2. The number of benzene rings is 21. The second-order valence-electron chi connectivity index (χ2n) is 36.6. The van der Waals surface area contributed by atoms with Crippen LogP contribution in [0.1, 0.15) is 25.0 Å². The molecule has 0 fully saturated rings. The zero-order valence-corrected chi connectivity index (χ0v) is 76.1. The minimum absolute atomic E-state index is 0.0446. The lowest BCUT2D eigenvalue weighted by atomic mass is 9.82. The van der Waals surface area contributed by atoms with Crippen LogP contribution >= 0.6 is 11.3 Å². The van der Waals surface area contributed by atoms with Crippen molar-refractivity contribution < 1.29 is 0 Å². The summed E-state index contributed by atoms with van der Waals surface area (Å²) in [6, 6.07) is 179. The van der Waals surface area contributed by atoms with Crippen LogP contribution in [0.4, 0.5) is 17.1 Å². The van der Waals surface area contributed by atoms with E-state index in [-0.39, 0.29) is 5.41 Å². The number of thiophene rings is 1. The van der Waals surface area contributed by atoms with Crippen molar-refractivity contribution in [2.24, 2.45) is 0 Å². The van der Waals surface area contributed by atoms with Crippen molar-refractivity contribution in [3.05, 3.63) is 503 Å². The van der Waals surface area contributed by atoms with Gasteiger partial charge >= 0.3 is 0 Å². The predicted octanol–water partition coefficient (Wildman–Crippen LogP) is 35.1. The fourth-order valence-electron chi connectivity index (χ4n) is 22.6. The van der Waals surface area contributed by atoms with Crippen LogP contribution in [0.3, 0.4) is 0 Å². The number of hydrogen-bond acceptors (Lipinski definition) is 2. The van der Waals surface area contributed by atoms with E-state index in [1.165, 1.54) is 213 Å². The summed E-state index contributed by atoms with van der Waals surface area (Å²) in [6.45, 7) is 4.71. The Morgan fingerprint density at radius 1 is 0.190 bits per heavy atom. The van der Waals surface area contributed by atoms with E-state index >= 15 is 0 Å². The van der Waals surface area contributed by atoms with Gasteiger partial charge in [0.05, 0.1) is 66.2 Å². The number of rotatable bonds is 11. The van der Waals surface area contributed by atoms with Crippen molar-refractivity contribution in [3.8, 4) is 67.5 Å². The fourth-order valence-corrected chi connectivity index (χ4v) is 23.9. The monoisotopic (exact) mass is 1770 g/mol. The molecule has 0 atom stereocenters. The molecule has 7 nitrogen and oxygen atoms in total. The molecule has 29 rings (SSSR count). The molecule has 0 spiro atoms. The van der Waals surface area contributed by atoms with Gasteiger partial charge < -0.3 is 32.3 Å². The summed E-state index contributed by atoms with van der Waals surface area (Å²) in [7, 11) is 0. The second-order valence-corrected chi connectivity index (χ2v) is 37.6. The fraction of sp³-hybridized carbons (Fsp3) is 0.0233. The van der Waals surface area contributed by atoms with Crippen molar-refractivity contribution in [1.29, 1.82) is 0 Å². The average Bonchev–Trinajstić information content (AvgIpc) is 1.55. The second kappa shape index (κ2) is 31.9. The molecule has 8 heteroatoms. The molecule has 1 aliphatic rings. The van der Waals surface area contributed by atoms with Gasteiger partial charge in [-0.1, -0.05) is 335 Å². The summed E-state index contributed by atoms with van der Waals surface area (Å²) in [5, 5.41) is 17.8. The van der Waals surface area contributed by atoms with Crippen molar-refractivity contribution in [1.82, 2.24) is 27.4 Å². The Hall–Kier alpha value is -17.6. The first-order valence-electron chi connectivity index (χ1n) is 47.2. The Morgan fingerprint density at radius 2 is 0.547 bits per heavy atom. The third kappa shape index (κ3) is 12.6. The molecule has 1 aliphatic carbocycles. The SMILES string of the molecule is CC1(C)c2ccccc2-c2ccc(-n3c4ccccc4c4cc5c(cc43)c3ccccc3n5-c3ccccc3)cc21.c1ccc(-c2ccc3c4ccc5c6ccccc6n(-c6ccc(N(c7ccccc7)c7ccccc7)cc6)c5c4n(-c4ccccc4)c3c2)cc1.c1ccc(-n2c3ccccc3c3ccc4c(c5ccccc5n4-c4ccc(-c5cccc6c5sc5ccccc56)cc4)c32)cc1. The molecular weight excluding hydrogens is 1680 g/mol. The molecule has 0 bridgehead atoms. The van der Waals surface area contributed by atoms with Gasteiger partial charge in [-0.25, -0.2) is 0 Å². The molecule has 0 saturated carbocycles. The Kier molecular flexibility index (Phi) is 18.4. The maximum Gasteiger partial charge on any atom is 0.0788 e. The van der Waals surface area contributed by atoms with Gasteiger partial charge in [-0.3, -0.25) is 0 Å². The van der Waals surface area contributed by atoms with E-state index in [1.807, 2.05) is 11.3 Å². The molecule has 7 aromatic heterocycles. The largest absolute Gasteiger partial charge is 0.311 e. The maximum absolute atomic E-state index is 2.47. The lowest BCUT2D eigenvalue weighted by Gasteiger charge is -2.25. The Balaban J connectivity index is 0.000000104. The number of para-hydroxylation sites is 10. The van der Waals surface area contributed by atoms with Crippen molar-refractivity contribution >= 4 is 179 Å². The zero-order valence-electron chi connectivity index (χ0n) is 75.3. The van der Waals surface area contributed by atoms with Gasteiger partial charge in [0.1, 0.15) is 0 Å². The zero-order chi connectivity index (χ0) is 90.5. The maximum atomic E-state index is 2.47. The first-order valence-corrected chi connectivity index (χ1v) is 48.0. The normalized spacial score (nSPS) is 12.4. The predicted molar refractivity (Wildman–Crippen MR) is 581 cm³/mol. The molecule has 7 heterocycles. The van der Waals surface area contributed by atoms with Crippen LogP contribution in [0.15, 0.2) is 491 Å². The van der Waals surface area contributed by atoms with Gasteiger partial charge in [-0.15, -0.1) is 11.3 Å². The molecule has 0 unspecified atom stereocenters. The number of nitrogens with zero attached hydrogens (tertiary/aromatic N) is 7. The van der Waals surface area contributed by atoms with E-state index in [0.29, 0.717) is 0 Å². The van der Waals surface area contributed by atoms with E-state index in [4.69, 9.17) is 0 Å². The van der Waals surface area contributed by atoms with Crippen molar-refractivity contribution in [2.75, 3.05) is 4.90 Å². The highest BCUT2D eigenvalue weighted by Gasteiger charge is 2.36. The highest BCUT2D eigenvalue weighted by molar-refractivity contribution is 7.26. The molecule has 21 aromatic carbocycles. The van der Waals surface area contributed by atoms with Crippen LogP contribution in [0.2, 0.25) is 0 Å². The molecule has 0 radical (unpaired) electrons. The first-order chi connectivity index (χ1) is 67.8. The van der Waals surface area contributed by atoms with Crippen LogP contribution in [0, 0.1) is 0 Å². The highest BCUT2D eigenvalue weighted by atomic mass is 32.1. The molecule has 0 amide bonds. The number of hydrogen-bond donors (Lipinski definition) is 0. The summed E-state index contributed by atoms with van der Waals surface area (Å²) < 4.78 is 17.4. The molecule has 0 N–H and O–H groups in total. The topological polar surface area (TPSA) is 32.8 Å². The van der Waals surface area contributed by atoms with E-state index in [1.54, 1.807) is 0 Å². The van der Waals surface area contributed by atoms with Gasteiger partial charge in [-0.05, 0) is 214 Å². The van der Waals surface area contributed by atoms with E-state index in [9.17, 15) is 0 Å². The highest BCUT2D eigenvalue weighted by Crippen LogP contribution is 2.52. The van der Waals surface area contributed by atoms with Gasteiger partial charge in [0.25, 0.3) is 0 Å². The Labute approximate surface area is 795 Å². The van der Waals surface area contributed by atoms with Crippen LogP contribution in [0.25, 0.3) is 219 Å². The Bertz CT molecular complexity index is 9620. The standard InChI is InChI=1S/C48H33N3.C42H26N2S.C39H28N2/c1-5-15-34(16-6-1)35-25-30-42-44-32-31-43-41-23-13-14-24-45(41)50(47(43)48(44)51(46(42)33-35)38-21-11-4-12-22-38)40-28-26-39(27-29-40)49(36-17-7-2-8-18-36)37-19-9-3-10-20-37;1-2-11-28(12-3-1)44-36-18-7-4-13-31(36)33-25-26-38-40(41(33)44)35-15-5-8-19-37(35)43(38)29-23-21-27(22-24-29)30-16-10-17-34-32-14-6-9-20-39(32)45-42(30)34;1-39(2)33-17-9-6-14-27(33)28-21-20-26(22-34(28)39)41-36-19-11-8-16-30(36)32-23-37-31(24-38(32)41)29-15-7-10-18-35(29)40(37)25-12-4-3-5-13-25/h1-33H;1-26H;3-24H,1-2H3. The van der Waals surface area contributed by atoms with E-state index in [2.05, 4.69) is 538 Å². The summed E-state index contributed by atoms with van der Waals surface area (Å²) >= 11 is 1.88. The number of aromatic nitrogens is 6. The van der Waals surface area contributed by atoms with Gasteiger partial charge in [0, 0.05) is 141 Å². The van der Waals surface area contributed by atoms with Crippen LogP contribution < -0.4 is 4.90 Å². The molecular formula is C129H87N7S. The summed E-state index contributed by atoms with van der Waals surface area (Å²) in [5.41, 5.74) is 35.4.